The smallest absolute Gasteiger partial charge is 0.257 e. The van der Waals surface area contributed by atoms with E-state index in [2.05, 4.69) is 4.90 Å². The molecule has 2 N–H and O–H groups in total. The van der Waals surface area contributed by atoms with Gasteiger partial charge in [0.15, 0.2) is 0 Å². The summed E-state index contributed by atoms with van der Waals surface area (Å²) in [6.45, 7) is 4.78. The second-order valence-electron chi connectivity index (χ2n) is 6.75. The molecular formula is C19H27N3O3. The third-order valence-corrected chi connectivity index (χ3v) is 5.26. The van der Waals surface area contributed by atoms with E-state index in [-0.39, 0.29) is 17.9 Å². The van der Waals surface area contributed by atoms with Gasteiger partial charge in [0.1, 0.15) is 5.75 Å². The number of amides is 2. The van der Waals surface area contributed by atoms with Gasteiger partial charge in [-0.1, -0.05) is 12.1 Å². The Morgan fingerprint density at radius 2 is 1.88 bits per heavy atom. The topological polar surface area (TPSA) is 75.9 Å². The Labute approximate surface area is 148 Å². The van der Waals surface area contributed by atoms with Crippen molar-refractivity contribution in [2.75, 3.05) is 26.2 Å². The average molecular weight is 345 g/mol. The summed E-state index contributed by atoms with van der Waals surface area (Å²) in [6.07, 6.45) is 3.64. The highest BCUT2D eigenvalue weighted by atomic mass is 16.5. The number of ether oxygens (including phenoxy) is 1. The van der Waals surface area contributed by atoms with E-state index in [9.17, 15) is 9.59 Å². The predicted molar refractivity (Wildman–Crippen MR) is 95.5 cm³/mol. The molecular weight excluding hydrogens is 318 g/mol. The van der Waals surface area contributed by atoms with Gasteiger partial charge in [-0.3, -0.25) is 14.5 Å². The van der Waals surface area contributed by atoms with Gasteiger partial charge >= 0.3 is 0 Å². The van der Waals surface area contributed by atoms with Crippen LogP contribution in [0, 0.1) is 0 Å². The van der Waals surface area contributed by atoms with Crippen molar-refractivity contribution in [1.82, 2.24) is 9.80 Å². The molecule has 0 bridgehead atoms. The number of carbonyl (C=O) groups excluding carboxylic acids is 2. The number of hydrogen-bond donors (Lipinski definition) is 1. The van der Waals surface area contributed by atoms with Crippen LogP contribution in [0.25, 0.3) is 0 Å². The van der Waals surface area contributed by atoms with Gasteiger partial charge in [-0.15, -0.1) is 0 Å². The zero-order valence-corrected chi connectivity index (χ0v) is 14.8. The van der Waals surface area contributed by atoms with Gasteiger partial charge in [-0.25, -0.2) is 0 Å². The molecule has 0 radical (unpaired) electrons. The van der Waals surface area contributed by atoms with E-state index in [0.717, 1.165) is 32.2 Å². The first-order chi connectivity index (χ1) is 12.1. The number of hydrogen-bond acceptors (Lipinski definition) is 4. The van der Waals surface area contributed by atoms with Crippen molar-refractivity contribution in [3.63, 3.8) is 0 Å². The first-order valence-corrected chi connectivity index (χ1v) is 9.18. The zero-order chi connectivity index (χ0) is 17.8. The standard InChI is InChI=1S/C19H27N3O3/c1-2-25-17-8-4-3-6-15(17)19(24)21-12-9-14(10-13-21)22-11-5-7-16(22)18(20)23/h3-4,6,8,14,16H,2,5,7,9-13H2,1H3,(H2,20,23)/t16-/m1/s1. The van der Waals surface area contributed by atoms with E-state index in [0.29, 0.717) is 37.1 Å². The molecule has 0 saturated carbocycles. The molecule has 2 saturated heterocycles. The lowest BCUT2D eigenvalue weighted by Crippen LogP contribution is -2.51. The monoisotopic (exact) mass is 345 g/mol. The summed E-state index contributed by atoms with van der Waals surface area (Å²) in [5, 5.41) is 0. The van der Waals surface area contributed by atoms with Crippen LogP contribution < -0.4 is 10.5 Å². The van der Waals surface area contributed by atoms with E-state index >= 15 is 0 Å². The second-order valence-corrected chi connectivity index (χ2v) is 6.75. The Bertz CT molecular complexity index is 626. The Morgan fingerprint density at radius 3 is 2.56 bits per heavy atom. The molecule has 2 amide bonds. The summed E-state index contributed by atoms with van der Waals surface area (Å²) in [5.74, 6) is 0.447. The molecule has 2 fully saturated rings. The van der Waals surface area contributed by atoms with Gasteiger partial charge in [0.2, 0.25) is 5.91 Å². The minimum absolute atomic E-state index is 0.0235. The first kappa shape index (κ1) is 17.7. The van der Waals surface area contributed by atoms with E-state index in [4.69, 9.17) is 10.5 Å². The zero-order valence-electron chi connectivity index (χ0n) is 14.8. The van der Waals surface area contributed by atoms with E-state index in [1.807, 2.05) is 36.1 Å². The van der Waals surface area contributed by atoms with Crippen LogP contribution in [0.2, 0.25) is 0 Å². The van der Waals surface area contributed by atoms with Gasteiger partial charge < -0.3 is 15.4 Å². The molecule has 2 aliphatic heterocycles. The number of para-hydroxylation sites is 1. The van der Waals surface area contributed by atoms with Crippen molar-refractivity contribution in [2.24, 2.45) is 5.73 Å². The third-order valence-electron chi connectivity index (χ3n) is 5.26. The van der Waals surface area contributed by atoms with Gasteiger partial charge in [0.05, 0.1) is 18.2 Å². The number of rotatable bonds is 5. The van der Waals surface area contributed by atoms with E-state index < -0.39 is 0 Å². The van der Waals surface area contributed by atoms with Crippen molar-refractivity contribution in [1.29, 1.82) is 0 Å². The summed E-state index contributed by atoms with van der Waals surface area (Å²) in [5.41, 5.74) is 6.16. The molecule has 0 unspecified atom stereocenters. The molecule has 0 aromatic heterocycles. The van der Waals surface area contributed by atoms with Crippen LogP contribution in [0.5, 0.6) is 5.75 Å². The molecule has 3 rings (SSSR count). The Balaban J connectivity index is 1.62. The molecule has 2 heterocycles. The van der Waals surface area contributed by atoms with Crippen LogP contribution in [0.4, 0.5) is 0 Å². The van der Waals surface area contributed by atoms with Gasteiger partial charge in [0, 0.05) is 19.1 Å². The normalized spacial score (nSPS) is 22.1. The van der Waals surface area contributed by atoms with Gasteiger partial charge in [-0.2, -0.15) is 0 Å². The summed E-state index contributed by atoms with van der Waals surface area (Å²) < 4.78 is 5.58. The van der Waals surface area contributed by atoms with Gasteiger partial charge in [0.25, 0.3) is 5.91 Å². The minimum atomic E-state index is -0.221. The van der Waals surface area contributed by atoms with Crippen LogP contribution >= 0.6 is 0 Å². The number of benzene rings is 1. The maximum Gasteiger partial charge on any atom is 0.257 e. The maximum atomic E-state index is 12.9. The fraction of sp³-hybridized carbons (Fsp3) is 0.579. The lowest BCUT2D eigenvalue weighted by Gasteiger charge is -2.38. The van der Waals surface area contributed by atoms with E-state index in [1.54, 1.807) is 0 Å². The SMILES string of the molecule is CCOc1ccccc1C(=O)N1CCC(N2CCC[C@@H]2C(N)=O)CC1. The van der Waals surface area contributed by atoms with E-state index in [1.165, 1.54) is 0 Å². The Hall–Kier alpha value is -2.08. The van der Waals surface area contributed by atoms with Crippen LogP contribution in [0.15, 0.2) is 24.3 Å². The second kappa shape index (κ2) is 7.87. The largest absolute Gasteiger partial charge is 0.493 e. The molecule has 1 atom stereocenters. The van der Waals surface area contributed by atoms with Crippen molar-refractivity contribution >= 4 is 11.8 Å². The molecule has 2 aliphatic rings. The lowest BCUT2D eigenvalue weighted by molar-refractivity contribution is -0.123. The molecule has 1 aromatic carbocycles. The average Bonchev–Trinajstić information content (AvgIpc) is 3.12. The number of likely N-dealkylation sites (tertiary alicyclic amines) is 2. The van der Waals surface area contributed by atoms with Crippen LogP contribution in [0.1, 0.15) is 43.0 Å². The highest BCUT2D eigenvalue weighted by molar-refractivity contribution is 5.97. The summed E-state index contributed by atoms with van der Waals surface area (Å²) in [6, 6.07) is 7.61. The highest BCUT2D eigenvalue weighted by Crippen LogP contribution is 2.27. The Kier molecular flexibility index (Phi) is 5.58. The fourth-order valence-electron chi connectivity index (χ4n) is 4.03. The molecule has 25 heavy (non-hydrogen) atoms. The number of carbonyl (C=O) groups is 2. The summed E-state index contributed by atoms with van der Waals surface area (Å²) in [7, 11) is 0. The van der Waals surface area contributed by atoms with Crippen molar-refractivity contribution in [3.05, 3.63) is 29.8 Å². The van der Waals surface area contributed by atoms with Crippen molar-refractivity contribution < 1.29 is 14.3 Å². The summed E-state index contributed by atoms with van der Waals surface area (Å²) >= 11 is 0. The molecule has 0 aliphatic carbocycles. The third kappa shape index (κ3) is 3.79. The van der Waals surface area contributed by atoms with Gasteiger partial charge in [-0.05, 0) is 51.3 Å². The maximum absolute atomic E-state index is 12.9. The lowest BCUT2D eigenvalue weighted by atomic mass is 10.0. The molecule has 6 heteroatoms. The number of piperidine rings is 1. The summed E-state index contributed by atoms with van der Waals surface area (Å²) in [4.78, 5) is 28.6. The molecule has 6 nitrogen and oxygen atoms in total. The van der Waals surface area contributed by atoms with Crippen molar-refractivity contribution in [2.45, 2.75) is 44.7 Å². The molecule has 1 aromatic rings. The van der Waals surface area contributed by atoms with Crippen LogP contribution in [-0.4, -0.2) is 59.9 Å². The number of primary amides is 1. The van der Waals surface area contributed by atoms with Crippen LogP contribution in [0.3, 0.4) is 0 Å². The van der Waals surface area contributed by atoms with Crippen molar-refractivity contribution in [3.8, 4) is 5.75 Å². The quantitative estimate of drug-likeness (QED) is 0.880. The molecule has 136 valence electrons. The predicted octanol–water partition coefficient (Wildman–Crippen LogP) is 1.64. The number of nitrogens with zero attached hydrogens (tertiary/aromatic N) is 2. The Morgan fingerprint density at radius 1 is 1.16 bits per heavy atom. The van der Waals surface area contributed by atoms with Crippen LogP contribution in [-0.2, 0) is 4.79 Å². The minimum Gasteiger partial charge on any atom is -0.493 e. The highest BCUT2D eigenvalue weighted by Gasteiger charge is 2.36. The fourth-order valence-corrected chi connectivity index (χ4v) is 4.03. The first-order valence-electron chi connectivity index (χ1n) is 9.18. The number of nitrogens with two attached hydrogens (primary N) is 1. The molecule has 0 spiro atoms.